The Kier molecular flexibility index (Phi) is 6.54. The molecule has 78 valence electrons. The Labute approximate surface area is 79.1 Å². The van der Waals surface area contributed by atoms with E-state index >= 15 is 0 Å². The summed E-state index contributed by atoms with van der Waals surface area (Å²) in [5.41, 5.74) is 0. The molecule has 4 heteroatoms. The summed E-state index contributed by atoms with van der Waals surface area (Å²) >= 11 is 0. The summed E-state index contributed by atoms with van der Waals surface area (Å²) in [6.07, 6.45) is 1.56. The molecule has 0 spiro atoms. The predicted molar refractivity (Wildman–Crippen MR) is 49.3 cm³/mol. The van der Waals surface area contributed by atoms with Crippen LogP contribution in [0.2, 0.25) is 0 Å². The summed E-state index contributed by atoms with van der Waals surface area (Å²) in [4.78, 5) is 11.1. The topological polar surface area (TPSA) is 60.8 Å². The molecule has 0 rings (SSSR count). The molecule has 0 aliphatic rings. The van der Waals surface area contributed by atoms with E-state index in [-0.39, 0.29) is 6.42 Å². The summed E-state index contributed by atoms with van der Waals surface area (Å²) < 4.78 is 0. The molecular formula is C9H19NO3. The van der Waals surface area contributed by atoms with Gasteiger partial charge in [-0.25, -0.2) is 5.06 Å². The van der Waals surface area contributed by atoms with Crippen molar-refractivity contribution < 1.29 is 15.1 Å². The fourth-order valence-electron chi connectivity index (χ4n) is 1.08. The molecule has 0 heterocycles. The van der Waals surface area contributed by atoms with Crippen molar-refractivity contribution in [3.8, 4) is 0 Å². The first-order valence-corrected chi connectivity index (χ1v) is 4.79. The van der Waals surface area contributed by atoms with Gasteiger partial charge in [0.2, 0.25) is 5.91 Å². The first kappa shape index (κ1) is 12.4. The maximum absolute atomic E-state index is 11.1. The summed E-state index contributed by atoms with van der Waals surface area (Å²) in [5.74, 6) is -0.400. The normalized spacial score (nSPS) is 12.6. The first-order chi connectivity index (χ1) is 6.11. The predicted octanol–water partition coefficient (Wildman–Crippen LogP) is 1.17. The van der Waals surface area contributed by atoms with Crippen LogP contribution in [0.15, 0.2) is 0 Å². The number of aliphatic hydroxyl groups is 1. The van der Waals surface area contributed by atoms with Crippen molar-refractivity contribution in [3.05, 3.63) is 0 Å². The van der Waals surface area contributed by atoms with Crippen LogP contribution in [0.5, 0.6) is 0 Å². The number of hydrogen-bond donors (Lipinski definition) is 2. The number of aliphatic hydroxyl groups excluding tert-OH is 1. The van der Waals surface area contributed by atoms with Gasteiger partial charge < -0.3 is 5.11 Å². The molecule has 1 atom stereocenters. The lowest BCUT2D eigenvalue weighted by molar-refractivity contribution is -0.167. The lowest BCUT2D eigenvalue weighted by atomic mass is 10.1. The van der Waals surface area contributed by atoms with Crippen LogP contribution in [0.4, 0.5) is 0 Å². The Hall–Kier alpha value is -0.610. The van der Waals surface area contributed by atoms with Crippen LogP contribution in [-0.2, 0) is 4.79 Å². The summed E-state index contributed by atoms with van der Waals surface area (Å²) in [5, 5.41) is 19.1. The summed E-state index contributed by atoms with van der Waals surface area (Å²) in [6, 6.07) is 0. The Morgan fingerprint density at radius 2 is 2.00 bits per heavy atom. The molecular weight excluding hydrogens is 170 g/mol. The molecule has 0 radical (unpaired) electrons. The quantitative estimate of drug-likeness (QED) is 0.487. The molecule has 0 bridgehead atoms. The van der Waals surface area contributed by atoms with Crippen molar-refractivity contribution in [2.75, 3.05) is 6.54 Å². The lowest BCUT2D eigenvalue weighted by Gasteiger charge is -2.15. The fourth-order valence-corrected chi connectivity index (χ4v) is 1.08. The third-order valence-corrected chi connectivity index (χ3v) is 1.76. The molecule has 0 aromatic carbocycles. The lowest BCUT2D eigenvalue weighted by Crippen LogP contribution is -2.31. The van der Waals surface area contributed by atoms with Gasteiger partial charge in [0.15, 0.2) is 0 Å². The highest BCUT2D eigenvalue weighted by Gasteiger charge is 2.14. The minimum absolute atomic E-state index is 0.0182. The van der Waals surface area contributed by atoms with E-state index in [2.05, 4.69) is 0 Å². The van der Waals surface area contributed by atoms with Gasteiger partial charge in [-0.15, -0.1) is 0 Å². The van der Waals surface area contributed by atoms with Crippen LogP contribution in [0, 0.1) is 0 Å². The molecule has 0 aromatic rings. The highest BCUT2D eigenvalue weighted by atomic mass is 16.5. The Morgan fingerprint density at radius 3 is 2.46 bits per heavy atom. The molecule has 0 aliphatic heterocycles. The second-order valence-corrected chi connectivity index (χ2v) is 3.16. The second kappa shape index (κ2) is 6.86. The number of amides is 1. The molecule has 1 amide bonds. The van der Waals surface area contributed by atoms with Crippen LogP contribution in [0.1, 0.15) is 39.5 Å². The zero-order valence-corrected chi connectivity index (χ0v) is 8.36. The molecule has 2 N–H and O–H groups in total. The van der Waals surface area contributed by atoms with Crippen LogP contribution >= 0.6 is 0 Å². The third kappa shape index (κ3) is 5.60. The number of rotatable bonds is 6. The van der Waals surface area contributed by atoms with E-state index in [4.69, 9.17) is 5.21 Å². The Bertz CT molecular complexity index is 150. The standard InChI is InChI=1S/C9H19NO3/c1-3-5-8(11)7-9(12)10(13)6-4-2/h8,11,13H,3-7H2,1-2H3. The molecule has 0 fully saturated rings. The van der Waals surface area contributed by atoms with Gasteiger partial charge in [0.1, 0.15) is 0 Å². The second-order valence-electron chi connectivity index (χ2n) is 3.16. The van der Waals surface area contributed by atoms with Crippen molar-refractivity contribution in [2.24, 2.45) is 0 Å². The number of hydrogen-bond acceptors (Lipinski definition) is 3. The number of nitrogens with zero attached hydrogens (tertiary/aromatic N) is 1. The van der Waals surface area contributed by atoms with E-state index in [1.54, 1.807) is 0 Å². The molecule has 0 aliphatic carbocycles. The van der Waals surface area contributed by atoms with Gasteiger partial charge in [0, 0.05) is 6.54 Å². The van der Waals surface area contributed by atoms with Gasteiger partial charge >= 0.3 is 0 Å². The maximum atomic E-state index is 11.1. The Balaban J connectivity index is 3.71. The molecule has 0 aromatic heterocycles. The fraction of sp³-hybridized carbons (Fsp3) is 0.889. The summed E-state index contributed by atoms with van der Waals surface area (Å²) in [7, 11) is 0. The first-order valence-electron chi connectivity index (χ1n) is 4.79. The van der Waals surface area contributed by atoms with Crippen molar-refractivity contribution in [2.45, 2.75) is 45.6 Å². The van der Waals surface area contributed by atoms with Gasteiger partial charge in [0.05, 0.1) is 12.5 Å². The van der Waals surface area contributed by atoms with Gasteiger partial charge in [-0.1, -0.05) is 20.3 Å². The third-order valence-electron chi connectivity index (χ3n) is 1.76. The van der Waals surface area contributed by atoms with Gasteiger partial charge in [0.25, 0.3) is 0 Å². The van der Waals surface area contributed by atoms with Crippen LogP contribution in [-0.4, -0.2) is 33.9 Å². The van der Waals surface area contributed by atoms with Gasteiger partial charge in [-0.3, -0.25) is 10.0 Å². The largest absolute Gasteiger partial charge is 0.393 e. The zero-order chi connectivity index (χ0) is 10.3. The van der Waals surface area contributed by atoms with Crippen LogP contribution in [0.3, 0.4) is 0 Å². The highest BCUT2D eigenvalue weighted by molar-refractivity contribution is 5.75. The van der Waals surface area contributed by atoms with Gasteiger partial charge in [-0.2, -0.15) is 0 Å². The average molecular weight is 189 g/mol. The number of carbonyl (C=O) groups excluding carboxylic acids is 1. The van der Waals surface area contributed by atoms with E-state index in [0.29, 0.717) is 24.4 Å². The minimum atomic E-state index is -0.621. The van der Waals surface area contributed by atoms with Crippen molar-refractivity contribution in [1.29, 1.82) is 0 Å². The van der Waals surface area contributed by atoms with Crippen molar-refractivity contribution in [3.63, 3.8) is 0 Å². The van der Waals surface area contributed by atoms with E-state index in [1.807, 2.05) is 13.8 Å². The SMILES string of the molecule is CCCC(O)CC(=O)N(O)CCC. The minimum Gasteiger partial charge on any atom is -0.393 e. The maximum Gasteiger partial charge on any atom is 0.248 e. The molecule has 0 saturated heterocycles. The highest BCUT2D eigenvalue weighted by Crippen LogP contribution is 2.03. The van der Waals surface area contributed by atoms with E-state index < -0.39 is 12.0 Å². The van der Waals surface area contributed by atoms with E-state index in [1.165, 1.54) is 0 Å². The Morgan fingerprint density at radius 1 is 1.38 bits per heavy atom. The van der Waals surface area contributed by atoms with Crippen LogP contribution in [0.25, 0.3) is 0 Å². The van der Waals surface area contributed by atoms with Crippen molar-refractivity contribution in [1.82, 2.24) is 5.06 Å². The smallest absolute Gasteiger partial charge is 0.248 e. The van der Waals surface area contributed by atoms with Crippen molar-refractivity contribution >= 4 is 5.91 Å². The molecule has 13 heavy (non-hydrogen) atoms. The van der Waals surface area contributed by atoms with Crippen LogP contribution < -0.4 is 0 Å². The molecule has 0 saturated carbocycles. The van der Waals surface area contributed by atoms with E-state index in [0.717, 1.165) is 6.42 Å². The zero-order valence-electron chi connectivity index (χ0n) is 8.36. The summed E-state index contributed by atoms with van der Waals surface area (Å²) in [6.45, 7) is 4.15. The van der Waals surface area contributed by atoms with E-state index in [9.17, 15) is 9.90 Å². The monoisotopic (exact) mass is 189 g/mol. The molecule has 4 nitrogen and oxygen atoms in total. The number of hydroxylamine groups is 2. The number of carbonyl (C=O) groups is 1. The molecule has 1 unspecified atom stereocenters. The average Bonchev–Trinajstić information content (AvgIpc) is 2.05. The van der Waals surface area contributed by atoms with Gasteiger partial charge in [-0.05, 0) is 12.8 Å².